The van der Waals surface area contributed by atoms with Crippen molar-refractivity contribution in [1.29, 1.82) is 0 Å². The molecule has 0 spiro atoms. The summed E-state index contributed by atoms with van der Waals surface area (Å²) in [5.41, 5.74) is 1.69. The fourth-order valence-electron chi connectivity index (χ4n) is 1.14. The lowest BCUT2D eigenvalue weighted by Crippen LogP contribution is -1.83. The molecule has 72 valence electrons. The molecular formula is C11H6N2OS. The monoisotopic (exact) mass is 214 g/mol. The first-order chi connectivity index (χ1) is 7.42. The van der Waals surface area contributed by atoms with Crippen molar-refractivity contribution < 1.29 is 4.79 Å². The highest BCUT2D eigenvalue weighted by atomic mass is 32.1. The van der Waals surface area contributed by atoms with Crippen molar-refractivity contribution >= 4 is 17.6 Å². The Morgan fingerprint density at radius 1 is 1.40 bits per heavy atom. The van der Waals surface area contributed by atoms with Crippen LogP contribution >= 0.6 is 11.3 Å². The molecule has 15 heavy (non-hydrogen) atoms. The molecule has 0 aliphatic carbocycles. The molecule has 0 bridgehead atoms. The Bertz CT molecular complexity index is 522. The number of carbonyl (C=O) groups is 1. The molecule has 4 heteroatoms. The van der Waals surface area contributed by atoms with E-state index in [9.17, 15) is 4.79 Å². The summed E-state index contributed by atoms with van der Waals surface area (Å²) in [7, 11) is 0. The zero-order valence-corrected chi connectivity index (χ0v) is 8.49. The van der Waals surface area contributed by atoms with Crippen molar-refractivity contribution in [3.05, 3.63) is 34.9 Å². The van der Waals surface area contributed by atoms with E-state index >= 15 is 0 Å². The van der Waals surface area contributed by atoms with Crippen LogP contribution in [0, 0.1) is 11.8 Å². The Morgan fingerprint density at radius 3 is 3.07 bits per heavy atom. The van der Waals surface area contributed by atoms with Gasteiger partial charge < -0.3 is 0 Å². The Kier molecular flexibility index (Phi) is 2.86. The van der Waals surface area contributed by atoms with E-state index in [-0.39, 0.29) is 0 Å². The Morgan fingerprint density at radius 2 is 2.33 bits per heavy atom. The summed E-state index contributed by atoms with van der Waals surface area (Å²) in [6, 6.07) is 1.92. The van der Waals surface area contributed by atoms with Crippen molar-refractivity contribution in [1.82, 2.24) is 9.97 Å². The Hall–Kier alpha value is -1.99. The first kappa shape index (κ1) is 9.56. The van der Waals surface area contributed by atoms with E-state index < -0.39 is 0 Å². The molecule has 0 N–H and O–H groups in total. The average molecular weight is 214 g/mol. The summed E-state index contributed by atoms with van der Waals surface area (Å²) in [6.07, 6.45) is 5.50. The zero-order chi connectivity index (χ0) is 10.5. The van der Waals surface area contributed by atoms with Gasteiger partial charge in [0.15, 0.2) is 6.29 Å². The predicted molar refractivity (Wildman–Crippen MR) is 58.3 cm³/mol. The second-order valence-electron chi connectivity index (χ2n) is 2.64. The third kappa shape index (κ3) is 2.09. The Labute approximate surface area is 90.8 Å². The smallest absolute Gasteiger partial charge is 0.193 e. The Balaban J connectivity index is 2.46. The quantitative estimate of drug-likeness (QED) is 0.536. The molecule has 2 aromatic heterocycles. The minimum absolute atomic E-state index is 0.584. The number of thiophene rings is 1. The summed E-state index contributed by atoms with van der Waals surface area (Å²) in [6.45, 7) is 0. The van der Waals surface area contributed by atoms with Crippen LogP contribution in [0.5, 0.6) is 0 Å². The van der Waals surface area contributed by atoms with Gasteiger partial charge in [-0.3, -0.25) is 14.8 Å². The third-order valence-corrected chi connectivity index (χ3v) is 2.58. The van der Waals surface area contributed by atoms with Crippen LogP contribution in [0.3, 0.4) is 0 Å². The van der Waals surface area contributed by atoms with Crippen LogP contribution in [0.1, 0.15) is 4.88 Å². The number of hydrogen-bond donors (Lipinski definition) is 0. The van der Waals surface area contributed by atoms with E-state index in [1.807, 2.05) is 11.4 Å². The van der Waals surface area contributed by atoms with Gasteiger partial charge in [-0.25, -0.2) is 0 Å². The summed E-state index contributed by atoms with van der Waals surface area (Å²) in [5, 5.41) is 1.92. The maximum absolute atomic E-state index is 10.2. The number of hydrogen-bond acceptors (Lipinski definition) is 4. The third-order valence-electron chi connectivity index (χ3n) is 1.75. The summed E-state index contributed by atoms with van der Waals surface area (Å²) in [5.74, 6) is 5.17. The number of aldehydes is 1. The predicted octanol–water partition coefficient (Wildman–Crippen LogP) is 1.76. The molecule has 0 aromatic carbocycles. The van der Waals surface area contributed by atoms with E-state index in [0.717, 1.165) is 16.1 Å². The molecular weight excluding hydrogens is 208 g/mol. The minimum atomic E-state index is 0.584. The highest BCUT2D eigenvalue weighted by Crippen LogP contribution is 2.24. The molecule has 0 saturated carbocycles. The van der Waals surface area contributed by atoms with Crippen LogP contribution in [0.2, 0.25) is 0 Å². The van der Waals surface area contributed by atoms with E-state index in [0.29, 0.717) is 6.29 Å². The average Bonchev–Trinajstić information content (AvgIpc) is 2.75. The highest BCUT2D eigenvalue weighted by Gasteiger charge is 2.05. The summed E-state index contributed by atoms with van der Waals surface area (Å²) in [4.78, 5) is 19.2. The van der Waals surface area contributed by atoms with Crippen LogP contribution in [0.4, 0.5) is 0 Å². The zero-order valence-electron chi connectivity index (χ0n) is 7.68. The van der Waals surface area contributed by atoms with Crippen LogP contribution in [0.15, 0.2) is 30.0 Å². The van der Waals surface area contributed by atoms with Gasteiger partial charge in [0.05, 0.1) is 16.8 Å². The molecule has 0 radical (unpaired) electrons. The topological polar surface area (TPSA) is 42.9 Å². The van der Waals surface area contributed by atoms with Gasteiger partial charge in [-0.2, -0.15) is 0 Å². The second kappa shape index (κ2) is 4.49. The lowest BCUT2D eigenvalue weighted by molar-refractivity contribution is -0.103. The maximum Gasteiger partial charge on any atom is 0.193 e. The van der Waals surface area contributed by atoms with Gasteiger partial charge in [-0.05, 0) is 23.3 Å². The van der Waals surface area contributed by atoms with Gasteiger partial charge in [-0.1, -0.05) is 0 Å². The standard InChI is InChI=1S/C11H6N2OS/c14-6-1-2-11-9(3-7-15-11)10-8-12-4-5-13-10/h3-8H. The van der Waals surface area contributed by atoms with E-state index in [4.69, 9.17) is 0 Å². The SMILES string of the molecule is O=CC#Cc1sccc1-c1cnccn1. The second-order valence-corrected chi connectivity index (χ2v) is 3.56. The van der Waals surface area contributed by atoms with Crippen LogP contribution in [0.25, 0.3) is 11.3 Å². The summed E-state index contributed by atoms with van der Waals surface area (Å²) < 4.78 is 0. The van der Waals surface area contributed by atoms with Crippen LogP contribution < -0.4 is 0 Å². The summed E-state index contributed by atoms with van der Waals surface area (Å²) >= 11 is 1.48. The van der Waals surface area contributed by atoms with Crippen molar-refractivity contribution in [2.45, 2.75) is 0 Å². The van der Waals surface area contributed by atoms with Crippen molar-refractivity contribution in [2.24, 2.45) is 0 Å². The number of nitrogens with zero attached hydrogens (tertiary/aromatic N) is 2. The van der Waals surface area contributed by atoms with Gasteiger partial charge in [0.25, 0.3) is 0 Å². The van der Waals surface area contributed by atoms with Gasteiger partial charge >= 0.3 is 0 Å². The van der Waals surface area contributed by atoms with Gasteiger partial charge in [-0.15, -0.1) is 11.3 Å². The first-order valence-electron chi connectivity index (χ1n) is 4.21. The molecule has 0 fully saturated rings. The first-order valence-corrected chi connectivity index (χ1v) is 5.09. The van der Waals surface area contributed by atoms with Crippen molar-refractivity contribution in [2.75, 3.05) is 0 Å². The van der Waals surface area contributed by atoms with Gasteiger partial charge in [0.1, 0.15) is 0 Å². The maximum atomic E-state index is 10.2. The van der Waals surface area contributed by atoms with E-state index in [2.05, 4.69) is 21.8 Å². The van der Waals surface area contributed by atoms with Crippen LogP contribution in [-0.2, 0) is 4.79 Å². The molecule has 0 aliphatic heterocycles. The van der Waals surface area contributed by atoms with Crippen molar-refractivity contribution in [3.63, 3.8) is 0 Å². The molecule has 2 aromatic rings. The molecule has 0 saturated heterocycles. The normalized spacial score (nSPS) is 9.07. The molecule has 0 unspecified atom stereocenters. The highest BCUT2D eigenvalue weighted by molar-refractivity contribution is 7.11. The minimum Gasteiger partial charge on any atom is -0.289 e. The number of rotatable bonds is 1. The fraction of sp³-hybridized carbons (Fsp3) is 0. The molecule has 2 rings (SSSR count). The molecule has 0 amide bonds. The lowest BCUT2D eigenvalue weighted by Gasteiger charge is -1.95. The number of carbonyl (C=O) groups excluding carboxylic acids is 1. The van der Waals surface area contributed by atoms with E-state index in [1.54, 1.807) is 18.6 Å². The lowest BCUT2D eigenvalue weighted by atomic mass is 10.2. The number of aromatic nitrogens is 2. The van der Waals surface area contributed by atoms with Crippen LogP contribution in [-0.4, -0.2) is 16.3 Å². The molecule has 3 nitrogen and oxygen atoms in total. The fourth-order valence-corrected chi connectivity index (χ4v) is 1.90. The largest absolute Gasteiger partial charge is 0.289 e. The van der Waals surface area contributed by atoms with Gasteiger partial charge in [0.2, 0.25) is 0 Å². The molecule has 2 heterocycles. The van der Waals surface area contributed by atoms with Gasteiger partial charge in [0, 0.05) is 18.0 Å². The van der Waals surface area contributed by atoms with Crippen molar-refractivity contribution in [3.8, 4) is 23.1 Å². The molecule has 0 atom stereocenters. The van der Waals surface area contributed by atoms with E-state index in [1.165, 1.54) is 11.3 Å². The molecule has 0 aliphatic rings.